The summed E-state index contributed by atoms with van der Waals surface area (Å²) >= 11 is 0. The van der Waals surface area contributed by atoms with Gasteiger partial charge in [-0.05, 0) is 36.2 Å². The molecular weight excluding hydrogens is 344 g/mol. The van der Waals surface area contributed by atoms with E-state index in [0.29, 0.717) is 11.6 Å². The van der Waals surface area contributed by atoms with E-state index in [1.54, 1.807) is 30.1 Å². The van der Waals surface area contributed by atoms with Crippen molar-refractivity contribution in [1.82, 2.24) is 4.98 Å². The highest BCUT2D eigenvalue weighted by Crippen LogP contribution is 2.39. The number of aliphatic hydroxyl groups is 3. The van der Waals surface area contributed by atoms with Crippen molar-refractivity contribution in [2.75, 3.05) is 17.7 Å². The molecule has 5 atom stereocenters. The Bertz CT molecular complexity index is 792. The van der Waals surface area contributed by atoms with Gasteiger partial charge in [0, 0.05) is 13.0 Å². The van der Waals surface area contributed by atoms with E-state index in [1.807, 2.05) is 0 Å². The largest absolute Gasteiger partial charge is 0.390 e. The van der Waals surface area contributed by atoms with Crippen LogP contribution in [0.4, 0.5) is 20.4 Å². The summed E-state index contributed by atoms with van der Waals surface area (Å²) in [5, 5.41) is 31.3. The number of anilines is 2. The van der Waals surface area contributed by atoms with Crippen molar-refractivity contribution in [3.05, 3.63) is 53.6 Å². The minimum Gasteiger partial charge on any atom is -0.390 e. The van der Waals surface area contributed by atoms with Gasteiger partial charge in [0.25, 0.3) is 0 Å². The Hall–Kier alpha value is -2.29. The number of hydrogen-bond donors (Lipinski definition) is 4. The normalized spacial score (nSPS) is 26.7. The molecule has 3 rings (SSSR count). The van der Waals surface area contributed by atoms with Gasteiger partial charge in [0.1, 0.15) is 17.7 Å². The highest BCUT2D eigenvalue weighted by Gasteiger charge is 2.46. The molecule has 1 aliphatic carbocycles. The molecule has 140 valence electrons. The van der Waals surface area contributed by atoms with Crippen LogP contribution in [0.5, 0.6) is 0 Å². The zero-order chi connectivity index (χ0) is 19.0. The molecule has 0 spiro atoms. The third kappa shape index (κ3) is 3.35. The Kier molecular flexibility index (Phi) is 5.08. The van der Waals surface area contributed by atoms with Gasteiger partial charge in [-0.25, -0.2) is 13.8 Å². The second kappa shape index (κ2) is 7.14. The Morgan fingerprint density at radius 2 is 1.88 bits per heavy atom. The van der Waals surface area contributed by atoms with E-state index in [1.165, 1.54) is 6.07 Å². The van der Waals surface area contributed by atoms with Crippen LogP contribution >= 0.6 is 0 Å². The number of rotatable bonds is 4. The van der Waals surface area contributed by atoms with Crippen LogP contribution in [-0.2, 0) is 0 Å². The molecular formula is C18H21F2N3O3. The Labute approximate surface area is 149 Å². The average molecular weight is 365 g/mol. The molecule has 0 bridgehead atoms. The van der Waals surface area contributed by atoms with Crippen LogP contribution in [0.25, 0.3) is 0 Å². The van der Waals surface area contributed by atoms with Gasteiger partial charge in [0.15, 0.2) is 11.6 Å². The first-order valence-electron chi connectivity index (χ1n) is 8.24. The lowest BCUT2D eigenvalue weighted by Gasteiger charge is -2.28. The molecule has 0 saturated heterocycles. The number of benzene rings is 1. The number of aromatic nitrogens is 1. The third-order valence-corrected chi connectivity index (χ3v) is 5.00. The number of nitrogens with two attached hydrogens (primary N) is 1. The van der Waals surface area contributed by atoms with Crippen molar-refractivity contribution >= 4 is 11.6 Å². The van der Waals surface area contributed by atoms with Crippen LogP contribution in [-0.4, -0.2) is 45.6 Å². The second-order valence-electron chi connectivity index (χ2n) is 6.60. The Morgan fingerprint density at radius 3 is 2.54 bits per heavy atom. The van der Waals surface area contributed by atoms with Crippen molar-refractivity contribution in [2.24, 2.45) is 5.92 Å². The van der Waals surface area contributed by atoms with E-state index >= 15 is 0 Å². The fourth-order valence-corrected chi connectivity index (χ4v) is 3.49. The Balaban J connectivity index is 1.81. The predicted octanol–water partition coefficient (Wildman–Crippen LogP) is 1.22. The minimum absolute atomic E-state index is 0.144. The minimum atomic E-state index is -1.25. The molecule has 8 heteroatoms. The maximum Gasteiger partial charge on any atom is 0.159 e. The van der Waals surface area contributed by atoms with Gasteiger partial charge in [-0.1, -0.05) is 12.1 Å². The molecule has 0 radical (unpaired) electrons. The first kappa shape index (κ1) is 18.5. The molecule has 0 amide bonds. The molecule has 1 heterocycles. The highest BCUT2D eigenvalue weighted by molar-refractivity contribution is 5.45. The molecule has 2 unspecified atom stereocenters. The van der Waals surface area contributed by atoms with Crippen molar-refractivity contribution in [3.8, 4) is 0 Å². The number of nitrogen functional groups attached to an aromatic ring is 1. The number of pyridine rings is 1. The monoisotopic (exact) mass is 365 g/mol. The fourth-order valence-electron chi connectivity index (χ4n) is 3.49. The topological polar surface area (TPSA) is 103 Å². The number of halogens is 2. The first-order chi connectivity index (χ1) is 12.3. The van der Waals surface area contributed by atoms with Crippen LogP contribution in [0.15, 0.2) is 36.4 Å². The van der Waals surface area contributed by atoms with Gasteiger partial charge in [0.2, 0.25) is 0 Å². The smallest absolute Gasteiger partial charge is 0.159 e. The lowest BCUT2D eigenvalue weighted by atomic mass is 9.92. The number of nitrogens with zero attached hydrogens (tertiary/aromatic N) is 2. The van der Waals surface area contributed by atoms with Gasteiger partial charge in [0.05, 0.1) is 18.2 Å². The van der Waals surface area contributed by atoms with Crippen molar-refractivity contribution < 1.29 is 24.1 Å². The zero-order valence-electron chi connectivity index (χ0n) is 14.1. The van der Waals surface area contributed by atoms with Crippen LogP contribution in [0.2, 0.25) is 0 Å². The summed E-state index contributed by atoms with van der Waals surface area (Å²) < 4.78 is 26.5. The third-order valence-electron chi connectivity index (χ3n) is 5.00. The Morgan fingerprint density at radius 1 is 1.15 bits per heavy atom. The molecule has 6 nitrogen and oxygen atoms in total. The van der Waals surface area contributed by atoms with Gasteiger partial charge < -0.3 is 26.0 Å². The van der Waals surface area contributed by atoms with E-state index in [0.717, 1.165) is 12.1 Å². The molecule has 1 fully saturated rings. The quantitative estimate of drug-likeness (QED) is 0.650. The van der Waals surface area contributed by atoms with E-state index in [4.69, 9.17) is 5.73 Å². The standard InChI is InChI=1S/C18H21F2N3O3/c1-23(15-4-2-3-14(21)22-15)13-8-10(17(25)18(13)26)16(24)9-5-6-11(19)12(20)7-9/h2-7,10,13,16-18,24-26H,8H2,1H3,(H2,21,22)/t10?,13?,16-,17+,18-/m0/s1. The van der Waals surface area contributed by atoms with Crippen molar-refractivity contribution in [3.63, 3.8) is 0 Å². The molecule has 1 aromatic carbocycles. The highest BCUT2D eigenvalue weighted by atomic mass is 19.2. The molecule has 1 aromatic heterocycles. The summed E-state index contributed by atoms with van der Waals surface area (Å²) in [6.07, 6.45) is -3.39. The van der Waals surface area contributed by atoms with Crippen LogP contribution in [0.1, 0.15) is 18.1 Å². The maximum atomic E-state index is 13.4. The molecule has 26 heavy (non-hydrogen) atoms. The van der Waals surface area contributed by atoms with Crippen molar-refractivity contribution in [2.45, 2.75) is 30.8 Å². The summed E-state index contributed by atoms with van der Waals surface area (Å²) in [5.74, 6) is -2.00. The number of hydrogen-bond acceptors (Lipinski definition) is 6. The molecule has 5 N–H and O–H groups in total. The summed E-state index contributed by atoms with van der Waals surface area (Å²) in [4.78, 5) is 5.87. The van der Waals surface area contributed by atoms with Gasteiger partial charge in [-0.15, -0.1) is 0 Å². The number of aliphatic hydroxyl groups excluding tert-OH is 3. The number of likely N-dealkylation sites (N-methyl/N-ethyl adjacent to an activating group) is 1. The van der Waals surface area contributed by atoms with E-state index in [2.05, 4.69) is 4.98 Å². The molecule has 1 saturated carbocycles. The first-order valence-corrected chi connectivity index (χ1v) is 8.24. The zero-order valence-corrected chi connectivity index (χ0v) is 14.1. The lowest BCUT2D eigenvalue weighted by Crippen LogP contribution is -2.41. The van der Waals surface area contributed by atoms with E-state index < -0.39 is 41.9 Å². The van der Waals surface area contributed by atoms with Crippen LogP contribution in [0, 0.1) is 17.6 Å². The van der Waals surface area contributed by atoms with Crippen molar-refractivity contribution in [1.29, 1.82) is 0 Å². The summed E-state index contributed by atoms with van der Waals surface area (Å²) in [5.41, 5.74) is 5.82. The molecule has 1 aliphatic rings. The van der Waals surface area contributed by atoms with Gasteiger partial charge in [-0.3, -0.25) is 0 Å². The molecule has 2 aromatic rings. The van der Waals surface area contributed by atoms with Crippen LogP contribution < -0.4 is 10.6 Å². The second-order valence-corrected chi connectivity index (χ2v) is 6.60. The fraction of sp³-hybridized carbons (Fsp3) is 0.389. The lowest BCUT2D eigenvalue weighted by molar-refractivity contribution is -0.0232. The molecule has 0 aliphatic heterocycles. The van der Waals surface area contributed by atoms with Gasteiger partial charge in [-0.2, -0.15) is 0 Å². The van der Waals surface area contributed by atoms with E-state index in [9.17, 15) is 24.1 Å². The SMILES string of the molecule is CN(c1cccc(N)n1)C1CC([C@@H](O)c2ccc(F)c(F)c2)[C@@H](O)[C@H]1O. The summed E-state index contributed by atoms with van der Waals surface area (Å²) in [6.45, 7) is 0. The van der Waals surface area contributed by atoms with E-state index in [-0.39, 0.29) is 12.0 Å². The maximum absolute atomic E-state index is 13.4. The predicted molar refractivity (Wildman–Crippen MR) is 92.3 cm³/mol. The van der Waals surface area contributed by atoms with Gasteiger partial charge >= 0.3 is 0 Å². The average Bonchev–Trinajstić information content (AvgIpc) is 2.91. The summed E-state index contributed by atoms with van der Waals surface area (Å²) in [7, 11) is 1.70. The van der Waals surface area contributed by atoms with Crippen LogP contribution in [0.3, 0.4) is 0 Å². The summed E-state index contributed by atoms with van der Waals surface area (Å²) in [6, 6.07) is 7.63.